The summed E-state index contributed by atoms with van der Waals surface area (Å²) in [6.07, 6.45) is 4.15. The molecule has 0 saturated carbocycles. The van der Waals surface area contributed by atoms with Crippen LogP contribution in [0.25, 0.3) is 22.4 Å². The Balaban J connectivity index is 1.80. The maximum atomic E-state index is 13.1. The monoisotopic (exact) mass is 386 g/mol. The minimum atomic E-state index is -4.30. The predicted molar refractivity (Wildman–Crippen MR) is 92.9 cm³/mol. The third-order valence-electron chi connectivity index (χ3n) is 3.83. The molecule has 0 aliphatic carbocycles. The highest BCUT2D eigenvalue weighted by Gasteiger charge is 2.27. The van der Waals surface area contributed by atoms with E-state index >= 15 is 0 Å². The van der Waals surface area contributed by atoms with Crippen LogP contribution < -0.4 is 5.63 Å². The Morgan fingerprint density at radius 3 is 2.33 bits per heavy atom. The normalized spacial score (nSPS) is 11.6. The van der Waals surface area contributed by atoms with Crippen LogP contribution >= 0.6 is 0 Å². The first-order valence-corrected chi connectivity index (χ1v) is 9.13. The van der Waals surface area contributed by atoms with Gasteiger partial charge in [-0.2, -0.15) is 8.42 Å². The molecule has 0 unspecified atom stereocenters. The largest absolute Gasteiger partial charge is 0.450 e. The van der Waals surface area contributed by atoms with Crippen LogP contribution in [-0.4, -0.2) is 17.5 Å². The van der Waals surface area contributed by atoms with Gasteiger partial charge in [-0.3, -0.25) is 4.98 Å². The molecule has 4 rings (SSSR count). The van der Waals surface area contributed by atoms with Gasteiger partial charge < -0.3 is 8.94 Å². The molecule has 1 aromatic carbocycles. The molecule has 0 saturated heterocycles. The van der Waals surface area contributed by atoms with Crippen LogP contribution in [0.4, 0.5) is 4.39 Å². The number of benzene rings is 1. The summed E-state index contributed by atoms with van der Waals surface area (Å²) < 4.78 is 49.4. The Bertz CT molecular complexity index is 1260. The number of halogens is 1. The molecule has 0 fully saturated rings. The van der Waals surface area contributed by atoms with Crippen molar-refractivity contribution < 1.29 is 21.7 Å². The minimum Gasteiger partial charge on any atom is -0.450 e. The predicted octanol–water partition coefficient (Wildman–Crippen LogP) is 3.14. The molecule has 4 aromatic rings. The van der Waals surface area contributed by atoms with Gasteiger partial charge in [0.1, 0.15) is 17.8 Å². The quantitative estimate of drug-likeness (QED) is 0.535. The molecule has 3 heterocycles. The lowest BCUT2D eigenvalue weighted by Crippen LogP contribution is -2.13. The van der Waals surface area contributed by atoms with Gasteiger partial charge in [-0.1, -0.05) is 16.3 Å². The number of nitrogens with zero attached hydrogens (tertiary/aromatic N) is 2. The van der Waals surface area contributed by atoms with Gasteiger partial charge in [-0.15, -0.1) is 0 Å². The molecule has 27 heavy (non-hydrogen) atoms. The van der Waals surface area contributed by atoms with Crippen LogP contribution in [-0.2, 0) is 10.0 Å². The average Bonchev–Trinajstić information content (AvgIpc) is 3.31. The average molecular weight is 386 g/mol. The Morgan fingerprint density at radius 2 is 1.63 bits per heavy atom. The van der Waals surface area contributed by atoms with Crippen molar-refractivity contribution in [3.63, 3.8) is 0 Å². The molecule has 136 valence electrons. The SMILES string of the molecule is O=c1cc(-c2ccncc2)n(S(=O)(=O)c2cc(-c3ccc(F)cc3)co2)o1. The second kappa shape index (κ2) is 6.36. The van der Waals surface area contributed by atoms with Crippen LogP contribution in [0.1, 0.15) is 0 Å². The van der Waals surface area contributed by atoms with E-state index in [0.717, 1.165) is 6.07 Å². The van der Waals surface area contributed by atoms with Crippen molar-refractivity contribution in [3.05, 3.63) is 83.4 Å². The smallest absolute Gasteiger partial charge is 0.359 e. The summed E-state index contributed by atoms with van der Waals surface area (Å²) in [7, 11) is -4.30. The maximum absolute atomic E-state index is 13.1. The first kappa shape index (κ1) is 17.0. The van der Waals surface area contributed by atoms with E-state index in [9.17, 15) is 17.6 Å². The van der Waals surface area contributed by atoms with E-state index in [1.807, 2.05) is 0 Å². The summed E-state index contributed by atoms with van der Waals surface area (Å²) in [5, 5.41) is -0.420. The van der Waals surface area contributed by atoms with Crippen LogP contribution in [0.5, 0.6) is 0 Å². The molecule has 0 amide bonds. The number of hydrogen-bond acceptors (Lipinski definition) is 6. The third-order valence-corrected chi connectivity index (χ3v) is 5.26. The van der Waals surface area contributed by atoms with Crippen molar-refractivity contribution in [1.82, 2.24) is 9.13 Å². The molecule has 0 N–H and O–H groups in total. The number of hydrogen-bond donors (Lipinski definition) is 0. The highest BCUT2D eigenvalue weighted by Crippen LogP contribution is 2.28. The van der Waals surface area contributed by atoms with E-state index in [2.05, 4.69) is 4.98 Å². The molecule has 9 heteroatoms. The van der Waals surface area contributed by atoms with Gasteiger partial charge in [0.2, 0.25) is 5.09 Å². The molecule has 0 radical (unpaired) electrons. The molecular weight excluding hydrogens is 375 g/mol. The van der Waals surface area contributed by atoms with Gasteiger partial charge in [0.15, 0.2) is 0 Å². The molecular formula is C18H11FN2O5S. The van der Waals surface area contributed by atoms with E-state index in [0.29, 0.717) is 20.8 Å². The second-order valence-electron chi connectivity index (χ2n) is 5.57. The van der Waals surface area contributed by atoms with E-state index in [-0.39, 0.29) is 5.69 Å². The summed E-state index contributed by atoms with van der Waals surface area (Å²) in [6.45, 7) is 0. The molecule has 0 spiro atoms. The van der Waals surface area contributed by atoms with E-state index < -0.39 is 26.6 Å². The first-order valence-electron chi connectivity index (χ1n) is 7.69. The van der Waals surface area contributed by atoms with E-state index in [1.165, 1.54) is 49.0 Å². The van der Waals surface area contributed by atoms with Crippen molar-refractivity contribution in [3.8, 4) is 22.4 Å². The van der Waals surface area contributed by atoms with Gasteiger partial charge in [0.25, 0.3) is 0 Å². The fourth-order valence-electron chi connectivity index (χ4n) is 2.54. The van der Waals surface area contributed by atoms with Crippen molar-refractivity contribution in [2.75, 3.05) is 0 Å². The summed E-state index contributed by atoms with van der Waals surface area (Å²) in [4.78, 5) is 15.5. The van der Waals surface area contributed by atoms with Gasteiger partial charge >= 0.3 is 15.6 Å². The van der Waals surface area contributed by atoms with Crippen LogP contribution in [0.3, 0.4) is 0 Å². The topological polar surface area (TPSA) is 95.3 Å². The van der Waals surface area contributed by atoms with Gasteiger partial charge in [0.05, 0.1) is 6.07 Å². The molecule has 3 aromatic heterocycles. The number of furan rings is 1. The van der Waals surface area contributed by atoms with Gasteiger partial charge in [-0.05, 0) is 29.8 Å². The van der Waals surface area contributed by atoms with Gasteiger partial charge in [0, 0.05) is 29.6 Å². The van der Waals surface area contributed by atoms with Crippen LogP contribution in [0.2, 0.25) is 0 Å². The van der Waals surface area contributed by atoms with Crippen molar-refractivity contribution >= 4 is 10.0 Å². The maximum Gasteiger partial charge on any atom is 0.359 e. The third kappa shape index (κ3) is 3.08. The highest BCUT2D eigenvalue weighted by molar-refractivity contribution is 7.89. The Hall–Kier alpha value is -3.46. The fraction of sp³-hybridized carbons (Fsp3) is 0. The molecule has 0 aliphatic rings. The lowest BCUT2D eigenvalue weighted by molar-refractivity contribution is 0.336. The first-order chi connectivity index (χ1) is 12.9. The summed E-state index contributed by atoms with van der Waals surface area (Å²) >= 11 is 0. The summed E-state index contributed by atoms with van der Waals surface area (Å²) in [6, 6.07) is 10.9. The molecule has 0 atom stereocenters. The lowest BCUT2D eigenvalue weighted by Gasteiger charge is -2.05. The number of aromatic nitrogens is 2. The Morgan fingerprint density at radius 1 is 0.926 bits per heavy atom. The molecule has 7 nitrogen and oxygen atoms in total. The van der Waals surface area contributed by atoms with Crippen molar-refractivity contribution in [2.24, 2.45) is 0 Å². The molecule has 0 aliphatic heterocycles. The number of rotatable bonds is 4. The minimum absolute atomic E-state index is 0.0436. The van der Waals surface area contributed by atoms with Crippen molar-refractivity contribution in [1.29, 1.82) is 0 Å². The zero-order chi connectivity index (χ0) is 19.0. The number of pyridine rings is 1. The summed E-state index contributed by atoms with van der Waals surface area (Å²) in [5.41, 5.74) is 0.668. The molecule has 0 bridgehead atoms. The standard InChI is InChI=1S/C18H11FN2O5S/c19-15-3-1-12(2-4-15)14-9-18(25-11-14)27(23,24)21-16(10-17(22)26-21)13-5-7-20-8-6-13/h1-11H. The zero-order valence-corrected chi connectivity index (χ0v) is 14.4. The fourth-order valence-corrected chi connectivity index (χ4v) is 3.74. The van der Waals surface area contributed by atoms with E-state index in [1.54, 1.807) is 12.1 Å². The zero-order valence-electron chi connectivity index (χ0n) is 13.6. The Kier molecular flexibility index (Phi) is 4.00. The van der Waals surface area contributed by atoms with Crippen LogP contribution in [0.15, 0.2) is 86.0 Å². The van der Waals surface area contributed by atoms with Crippen LogP contribution in [0, 0.1) is 5.82 Å². The second-order valence-corrected chi connectivity index (χ2v) is 7.25. The van der Waals surface area contributed by atoms with Crippen molar-refractivity contribution in [2.45, 2.75) is 5.09 Å². The van der Waals surface area contributed by atoms with E-state index in [4.69, 9.17) is 8.94 Å². The lowest BCUT2D eigenvalue weighted by atomic mass is 10.1. The van der Waals surface area contributed by atoms with Gasteiger partial charge in [-0.25, -0.2) is 9.18 Å². The highest BCUT2D eigenvalue weighted by atomic mass is 32.2. The Labute approximate surface area is 152 Å². The summed E-state index contributed by atoms with van der Waals surface area (Å²) in [5.74, 6) is -0.411.